The maximum Gasteiger partial charge on any atom is 0.253 e. The average Bonchev–Trinajstić information content (AvgIpc) is 2.96. The molecule has 1 aliphatic rings. The van der Waals surface area contributed by atoms with Crippen LogP contribution >= 0.6 is 0 Å². The van der Waals surface area contributed by atoms with Crippen molar-refractivity contribution in [3.63, 3.8) is 0 Å². The lowest BCUT2D eigenvalue weighted by Crippen LogP contribution is -2.25. The van der Waals surface area contributed by atoms with Crippen LogP contribution in [0.15, 0.2) is 18.2 Å². The molecule has 4 heteroatoms. The molecule has 1 aromatic carbocycles. The molecular formula is C16H23FN2O. The van der Waals surface area contributed by atoms with Gasteiger partial charge in [-0.15, -0.1) is 0 Å². The number of para-hydroxylation sites is 1. The van der Waals surface area contributed by atoms with Crippen LogP contribution in [-0.2, 0) is 0 Å². The van der Waals surface area contributed by atoms with Crippen molar-refractivity contribution in [2.24, 2.45) is 5.92 Å². The smallest absolute Gasteiger partial charge is 0.253 e. The van der Waals surface area contributed by atoms with Crippen LogP contribution in [0.25, 0.3) is 0 Å². The molecule has 0 aromatic heterocycles. The number of hydrogen-bond donors (Lipinski definition) is 2. The Morgan fingerprint density at radius 3 is 2.80 bits per heavy atom. The molecule has 0 saturated heterocycles. The minimum absolute atomic E-state index is 0.208. The van der Waals surface area contributed by atoms with Gasteiger partial charge in [0.05, 0.1) is 11.3 Å². The first-order valence-electron chi connectivity index (χ1n) is 7.47. The lowest BCUT2D eigenvalue weighted by atomic mass is 10.0. The lowest BCUT2D eigenvalue weighted by molar-refractivity contribution is 0.0953. The van der Waals surface area contributed by atoms with Gasteiger partial charge in [-0.3, -0.25) is 4.79 Å². The Morgan fingerprint density at radius 2 is 2.10 bits per heavy atom. The third-order valence-corrected chi connectivity index (χ3v) is 4.06. The van der Waals surface area contributed by atoms with Gasteiger partial charge in [0.1, 0.15) is 5.82 Å². The number of amides is 1. The van der Waals surface area contributed by atoms with E-state index in [1.165, 1.54) is 38.2 Å². The fraction of sp³-hybridized carbons (Fsp3) is 0.562. The molecule has 0 atom stereocenters. The number of carbonyl (C=O) groups excluding carboxylic acids is 1. The molecule has 1 aliphatic carbocycles. The Hall–Kier alpha value is -1.58. The Morgan fingerprint density at radius 1 is 1.35 bits per heavy atom. The first-order valence-corrected chi connectivity index (χ1v) is 7.47. The van der Waals surface area contributed by atoms with Crippen LogP contribution in [0.1, 0.15) is 48.9 Å². The van der Waals surface area contributed by atoms with E-state index in [1.54, 1.807) is 19.2 Å². The van der Waals surface area contributed by atoms with Gasteiger partial charge in [-0.1, -0.05) is 31.7 Å². The first-order chi connectivity index (χ1) is 9.72. The number of anilines is 1. The van der Waals surface area contributed by atoms with Crippen molar-refractivity contribution < 1.29 is 9.18 Å². The van der Waals surface area contributed by atoms with Gasteiger partial charge in [0.25, 0.3) is 5.91 Å². The Labute approximate surface area is 120 Å². The minimum atomic E-state index is -0.397. The van der Waals surface area contributed by atoms with E-state index in [4.69, 9.17) is 0 Å². The quantitative estimate of drug-likeness (QED) is 0.781. The third-order valence-electron chi connectivity index (χ3n) is 4.06. The van der Waals surface area contributed by atoms with Crippen LogP contribution < -0.4 is 10.6 Å². The van der Waals surface area contributed by atoms with Gasteiger partial charge >= 0.3 is 0 Å². The maximum atomic E-state index is 13.6. The number of rotatable bonds is 6. The monoisotopic (exact) mass is 278 g/mol. The van der Waals surface area contributed by atoms with E-state index >= 15 is 0 Å². The second kappa shape index (κ2) is 7.27. The van der Waals surface area contributed by atoms with Crippen molar-refractivity contribution in [1.82, 2.24) is 5.32 Å². The fourth-order valence-electron chi connectivity index (χ4n) is 2.95. The normalized spacial score (nSPS) is 15.3. The van der Waals surface area contributed by atoms with Gasteiger partial charge in [-0.2, -0.15) is 0 Å². The van der Waals surface area contributed by atoms with E-state index in [9.17, 15) is 9.18 Å². The van der Waals surface area contributed by atoms with Crippen molar-refractivity contribution in [2.75, 3.05) is 18.9 Å². The fourth-order valence-corrected chi connectivity index (χ4v) is 2.95. The molecule has 0 unspecified atom stereocenters. The van der Waals surface area contributed by atoms with Gasteiger partial charge in [0.15, 0.2) is 0 Å². The predicted octanol–water partition coefficient (Wildman–Crippen LogP) is 3.57. The Bertz CT molecular complexity index is 456. The van der Waals surface area contributed by atoms with E-state index in [0.717, 1.165) is 12.3 Å². The van der Waals surface area contributed by atoms with Crippen molar-refractivity contribution in [3.8, 4) is 0 Å². The molecule has 3 nitrogen and oxygen atoms in total. The summed E-state index contributed by atoms with van der Waals surface area (Å²) in [6.07, 6.45) is 7.56. The van der Waals surface area contributed by atoms with E-state index in [1.807, 2.05) is 0 Å². The van der Waals surface area contributed by atoms with Crippen LogP contribution in [0, 0.1) is 11.7 Å². The summed E-state index contributed by atoms with van der Waals surface area (Å²) in [5.41, 5.74) is 0.633. The summed E-state index contributed by atoms with van der Waals surface area (Å²) < 4.78 is 13.6. The number of halogens is 1. The van der Waals surface area contributed by atoms with Gasteiger partial charge < -0.3 is 10.6 Å². The topological polar surface area (TPSA) is 41.1 Å². The van der Waals surface area contributed by atoms with Crippen LogP contribution in [0.4, 0.5) is 10.1 Å². The van der Waals surface area contributed by atoms with E-state index in [-0.39, 0.29) is 11.6 Å². The molecule has 2 N–H and O–H groups in total. The molecule has 1 saturated carbocycles. The van der Waals surface area contributed by atoms with Crippen LogP contribution in [0.5, 0.6) is 0 Å². The van der Waals surface area contributed by atoms with E-state index < -0.39 is 5.82 Å². The molecule has 1 amide bonds. The maximum absolute atomic E-state index is 13.6. The van der Waals surface area contributed by atoms with Crippen molar-refractivity contribution in [3.05, 3.63) is 29.6 Å². The van der Waals surface area contributed by atoms with Gasteiger partial charge in [0, 0.05) is 13.6 Å². The highest BCUT2D eigenvalue weighted by atomic mass is 19.1. The summed E-state index contributed by atoms with van der Waals surface area (Å²) in [5.74, 6) is 0.236. The molecule has 0 spiro atoms. The zero-order valence-corrected chi connectivity index (χ0v) is 12.0. The molecular weight excluding hydrogens is 255 g/mol. The molecule has 2 rings (SSSR count). The number of benzene rings is 1. The highest BCUT2D eigenvalue weighted by Crippen LogP contribution is 2.28. The number of nitrogens with one attached hydrogen (secondary N) is 2. The molecule has 0 radical (unpaired) electrons. The van der Waals surface area contributed by atoms with E-state index in [2.05, 4.69) is 10.6 Å². The summed E-state index contributed by atoms with van der Waals surface area (Å²) >= 11 is 0. The Balaban J connectivity index is 1.81. The largest absolute Gasteiger partial charge is 0.385 e. The van der Waals surface area contributed by atoms with Crippen LogP contribution in [-0.4, -0.2) is 19.5 Å². The predicted molar refractivity (Wildman–Crippen MR) is 79.5 cm³/mol. The third kappa shape index (κ3) is 3.71. The average molecular weight is 278 g/mol. The molecule has 0 aliphatic heterocycles. The van der Waals surface area contributed by atoms with Crippen molar-refractivity contribution >= 4 is 11.6 Å². The van der Waals surface area contributed by atoms with Gasteiger partial charge in [-0.05, 0) is 30.9 Å². The molecule has 1 fully saturated rings. The standard InChI is InChI=1S/C16H23FN2O/c1-18-15-13(9-4-10-14(15)17)16(20)19-11-5-8-12-6-2-3-7-12/h4,9-10,12,18H,2-3,5-8,11H2,1H3,(H,19,20). The lowest BCUT2D eigenvalue weighted by Gasteiger charge is -2.12. The first kappa shape index (κ1) is 14.8. The van der Waals surface area contributed by atoms with Gasteiger partial charge in [0.2, 0.25) is 0 Å². The number of carbonyl (C=O) groups is 1. The van der Waals surface area contributed by atoms with Crippen LogP contribution in [0.3, 0.4) is 0 Å². The number of hydrogen-bond acceptors (Lipinski definition) is 2. The zero-order chi connectivity index (χ0) is 14.4. The molecule has 1 aromatic rings. The SMILES string of the molecule is CNc1c(F)cccc1C(=O)NCCCC1CCCC1. The summed E-state index contributed by atoms with van der Waals surface area (Å²) in [6, 6.07) is 4.55. The summed E-state index contributed by atoms with van der Waals surface area (Å²) in [5, 5.41) is 5.62. The summed E-state index contributed by atoms with van der Waals surface area (Å²) in [6.45, 7) is 0.662. The van der Waals surface area contributed by atoms with Crippen molar-refractivity contribution in [1.29, 1.82) is 0 Å². The highest BCUT2D eigenvalue weighted by Gasteiger charge is 2.16. The highest BCUT2D eigenvalue weighted by molar-refractivity contribution is 5.99. The molecule has 20 heavy (non-hydrogen) atoms. The molecule has 0 heterocycles. The second-order valence-electron chi connectivity index (χ2n) is 5.46. The molecule has 0 bridgehead atoms. The minimum Gasteiger partial charge on any atom is -0.385 e. The van der Waals surface area contributed by atoms with Crippen molar-refractivity contribution in [2.45, 2.75) is 38.5 Å². The van der Waals surface area contributed by atoms with Crippen LogP contribution in [0.2, 0.25) is 0 Å². The summed E-state index contributed by atoms with van der Waals surface area (Å²) in [4.78, 5) is 12.1. The second-order valence-corrected chi connectivity index (χ2v) is 5.46. The zero-order valence-electron chi connectivity index (χ0n) is 12.0. The van der Waals surface area contributed by atoms with Gasteiger partial charge in [-0.25, -0.2) is 4.39 Å². The van der Waals surface area contributed by atoms with E-state index in [0.29, 0.717) is 12.1 Å². The summed E-state index contributed by atoms with van der Waals surface area (Å²) in [7, 11) is 1.62. The molecule has 110 valence electrons. The Kier molecular flexibility index (Phi) is 5.39.